The van der Waals surface area contributed by atoms with Crippen LogP contribution in [0, 0.1) is 6.92 Å². The predicted octanol–water partition coefficient (Wildman–Crippen LogP) is 16.6. The Kier molecular flexibility index (Phi) is 71.9. The molecule has 7 heteroatoms. The van der Waals surface area contributed by atoms with Gasteiger partial charge in [0.05, 0.1) is 0 Å². The smallest absolute Gasteiger partial charge is 0.550 e. The van der Waals surface area contributed by atoms with Gasteiger partial charge < -0.3 is 29.7 Å². The fourth-order valence-corrected chi connectivity index (χ4v) is 8.46. The monoisotopic (exact) mass is 969 g/mol. The van der Waals surface area contributed by atoms with Gasteiger partial charge in [-0.15, -0.1) is 0 Å². The number of benzene rings is 1. The van der Waals surface area contributed by atoms with E-state index in [1.54, 1.807) is 0 Å². The van der Waals surface area contributed by atoms with E-state index in [1.165, 1.54) is 256 Å². The molecule has 0 aliphatic heterocycles. The standard InChI is InChI=1S/3C18H36O2.C7H8.Al/c3*1-2-3-4-5-6-7-8-9-10-11-12-13-14-15-16-17-18(19)20;1-7-5-3-2-4-6-7;/h3*2-17H2,1H3,(H,19,20);2-6H,1H3;/q;;;;+3/p-3. The summed E-state index contributed by atoms with van der Waals surface area (Å²) in [5.41, 5.74) is 1.32. The van der Waals surface area contributed by atoms with Crippen molar-refractivity contribution in [1.29, 1.82) is 0 Å². The molecule has 1 aromatic carbocycles. The van der Waals surface area contributed by atoms with Crippen molar-refractivity contribution in [2.75, 3.05) is 0 Å². The molecule has 0 heterocycles. The van der Waals surface area contributed by atoms with Crippen LogP contribution in [0.2, 0.25) is 0 Å². The maximum atomic E-state index is 10.2. The summed E-state index contributed by atoms with van der Waals surface area (Å²) in [7, 11) is 0. The number of carboxylic acid groups (broad SMARTS) is 3. The molecule has 1 rings (SSSR count). The number of aryl methyl sites for hydroxylation is 1. The number of rotatable bonds is 48. The number of aliphatic carboxylic acids is 3. The Labute approximate surface area is 434 Å². The topological polar surface area (TPSA) is 120 Å². The molecule has 0 N–H and O–H groups in total. The van der Waals surface area contributed by atoms with Gasteiger partial charge in [-0.2, -0.15) is 0 Å². The summed E-state index contributed by atoms with van der Waals surface area (Å²) in [6.45, 7) is 8.89. The molecule has 0 amide bonds. The average Bonchev–Trinajstić information content (AvgIpc) is 3.31. The fraction of sp³-hybridized carbons (Fsp3) is 0.852. The van der Waals surface area contributed by atoms with E-state index in [1.807, 2.05) is 18.2 Å². The van der Waals surface area contributed by atoms with Gasteiger partial charge in [0.25, 0.3) is 0 Å². The number of carboxylic acids is 3. The van der Waals surface area contributed by atoms with Gasteiger partial charge in [0.1, 0.15) is 0 Å². The van der Waals surface area contributed by atoms with Gasteiger partial charge in [0.15, 0.2) is 0 Å². The third kappa shape index (κ3) is 78.3. The Hall–Kier alpha value is -1.84. The number of carbonyl (C=O) groups is 3. The molecule has 0 radical (unpaired) electrons. The largest absolute Gasteiger partial charge is 3.00 e. The molecular formula is C61H113AlO6. The number of unbranched alkanes of at least 4 members (excludes halogenated alkanes) is 42. The van der Waals surface area contributed by atoms with E-state index in [4.69, 9.17) is 0 Å². The number of carbonyl (C=O) groups excluding carboxylic acids is 3. The van der Waals surface area contributed by atoms with Gasteiger partial charge in [-0.25, -0.2) is 0 Å². The SMILES string of the molecule is CCCCCCCCCCCCCCCCCC(=O)[O-].CCCCCCCCCCCCCCCCCC(=O)[O-].CCCCCCCCCCCCCCCCCC(=O)[O-].Cc1ccccc1.[Al+3]. The summed E-state index contributed by atoms with van der Waals surface area (Å²) in [5, 5.41) is 30.7. The van der Waals surface area contributed by atoms with E-state index >= 15 is 0 Å². The Morgan fingerprint density at radius 1 is 0.279 bits per heavy atom. The van der Waals surface area contributed by atoms with Crippen LogP contribution >= 0.6 is 0 Å². The quantitative estimate of drug-likeness (QED) is 0.0474. The molecule has 0 aliphatic rings. The molecule has 0 aromatic heterocycles. The van der Waals surface area contributed by atoms with Crippen LogP contribution < -0.4 is 15.3 Å². The van der Waals surface area contributed by atoms with Crippen molar-refractivity contribution in [3.63, 3.8) is 0 Å². The van der Waals surface area contributed by atoms with Crippen molar-refractivity contribution in [2.45, 2.75) is 336 Å². The van der Waals surface area contributed by atoms with E-state index in [-0.39, 0.29) is 36.6 Å². The van der Waals surface area contributed by atoms with Crippen LogP contribution in [0.4, 0.5) is 0 Å². The maximum Gasteiger partial charge on any atom is 3.00 e. The van der Waals surface area contributed by atoms with Crippen LogP contribution in [0.1, 0.15) is 335 Å². The minimum atomic E-state index is -0.903. The molecule has 1 aromatic rings. The van der Waals surface area contributed by atoms with Crippen molar-refractivity contribution in [2.24, 2.45) is 0 Å². The summed E-state index contributed by atoms with van der Waals surface area (Å²) in [5.74, 6) is -2.71. The molecule has 0 fully saturated rings. The van der Waals surface area contributed by atoms with Crippen molar-refractivity contribution in [3.05, 3.63) is 35.9 Å². The normalized spacial score (nSPS) is 10.5. The Balaban J connectivity index is -0.000000417. The van der Waals surface area contributed by atoms with Crippen LogP contribution in [0.3, 0.4) is 0 Å². The summed E-state index contributed by atoms with van der Waals surface area (Å²) in [6, 6.07) is 10.3. The first-order valence-corrected chi connectivity index (χ1v) is 29.3. The maximum absolute atomic E-state index is 10.2. The van der Waals surface area contributed by atoms with Gasteiger partial charge >= 0.3 is 17.4 Å². The predicted molar refractivity (Wildman–Crippen MR) is 291 cm³/mol. The second kappa shape index (κ2) is 67.2. The molecule has 0 atom stereocenters. The molecular weight excluding hydrogens is 856 g/mol. The van der Waals surface area contributed by atoms with Gasteiger partial charge in [0.2, 0.25) is 0 Å². The number of hydrogen-bond donors (Lipinski definition) is 0. The van der Waals surface area contributed by atoms with E-state index in [0.29, 0.717) is 0 Å². The van der Waals surface area contributed by atoms with E-state index in [9.17, 15) is 29.7 Å². The third-order valence-corrected chi connectivity index (χ3v) is 12.9. The van der Waals surface area contributed by atoms with Crippen molar-refractivity contribution in [3.8, 4) is 0 Å². The molecule has 0 saturated heterocycles. The second-order valence-corrected chi connectivity index (χ2v) is 19.9. The average molecular weight is 970 g/mol. The van der Waals surface area contributed by atoms with Crippen molar-refractivity contribution >= 4 is 35.3 Å². The van der Waals surface area contributed by atoms with Crippen LogP contribution in [-0.2, 0) is 14.4 Å². The molecule has 0 aliphatic carbocycles. The Morgan fingerprint density at radius 2 is 0.426 bits per heavy atom. The fourth-order valence-electron chi connectivity index (χ4n) is 8.46. The molecule has 68 heavy (non-hydrogen) atoms. The third-order valence-electron chi connectivity index (χ3n) is 12.9. The van der Waals surface area contributed by atoms with E-state index < -0.39 is 17.9 Å². The molecule has 0 unspecified atom stereocenters. The van der Waals surface area contributed by atoms with Crippen LogP contribution in [-0.4, -0.2) is 35.3 Å². The zero-order valence-electron chi connectivity index (χ0n) is 45.9. The first-order chi connectivity index (χ1) is 32.7. The summed E-state index contributed by atoms with van der Waals surface area (Å²) in [4.78, 5) is 30.7. The van der Waals surface area contributed by atoms with E-state index in [2.05, 4.69) is 39.8 Å². The molecule has 0 spiro atoms. The molecule has 0 saturated carbocycles. The van der Waals surface area contributed by atoms with Crippen molar-refractivity contribution < 1.29 is 29.7 Å². The summed E-state index contributed by atoms with van der Waals surface area (Å²) < 4.78 is 0. The Morgan fingerprint density at radius 3 is 0.544 bits per heavy atom. The minimum Gasteiger partial charge on any atom is -0.550 e. The molecule has 396 valence electrons. The van der Waals surface area contributed by atoms with Crippen molar-refractivity contribution in [1.82, 2.24) is 0 Å². The van der Waals surface area contributed by atoms with Gasteiger partial charge in [-0.1, -0.05) is 326 Å². The zero-order valence-corrected chi connectivity index (χ0v) is 47.0. The van der Waals surface area contributed by atoms with Crippen LogP contribution in [0.15, 0.2) is 30.3 Å². The molecule has 6 nitrogen and oxygen atoms in total. The van der Waals surface area contributed by atoms with Gasteiger partial charge in [0, 0.05) is 17.9 Å². The first-order valence-electron chi connectivity index (χ1n) is 29.3. The Bertz CT molecular complexity index is 977. The first kappa shape index (κ1) is 72.7. The minimum absolute atomic E-state index is 0. The molecule has 0 bridgehead atoms. The summed E-state index contributed by atoms with van der Waals surface area (Å²) >= 11 is 0. The zero-order chi connectivity index (χ0) is 49.8. The van der Waals surface area contributed by atoms with Gasteiger partial charge in [-0.05, 0) is 45.4 Å². The summed E-state index contributed by atoms with van der Waals surface area (Å²) in [6.07, 6.45) is 59.6. The van der Waals surface area contributed by atoms with Gasteiger partial charge in [-0.3, -0.25) is 0 Å². The van der Waals surface area contributed by atoms with E-state index in [0.717, 1.165) is 38.5 Å². The van der Waals surface area contributed by atoms with Crippen LogP contribution in [0.5, 0.6) is 0 Å². The van der Waals surface area contributed by atoms with Crippen LogP contribution in [0.25, 0.3) is 0 Å². The second-order valence-electron chi connectivity index (χ2n) is 19.9. The number of hydrogen-bond acceptors (Lipinski definition) is 6.